The van der Waals surface area contributed by atoms with Crippen LogP contribution in [0.3, 0.4) is 0 Å². The van der Waals surface area contributed by atoms with Crippen LogP contribution in [0.5, 0.6) is 0 Å². The summed E-state index contributed by atoms with van der Waals surface area (Å²) in [5.74, 6) is -2.08. The SMILES string of the molecule is NC(CNC(=O)/C=C/C(=O)c1ccccc1)C(=O)O. The van der Waals surface area contributed by atoms with Crippen LogP contribution in [0.15, 0.2) is 42.5 Å². The predicted octanol–water partition coefficient (Wildman–Crippen LogP) is -0.0464. The van der Waals surface area contributed by atoms with Gasteiger partial charge in [0.05, 0.1) is 0 Å². The third kappa shape index (κ3) is 5.13. The van der Waals surface area contributed by atoms with Crippen molar-refractivity contribution in [2.75, 3.05) is 6.54 Å². The van der Waals surface area contributed by atoms with Gasteiger partial charge in [0.2, 0.25) is 5.91 Å². The molecule has 6 nitrogen and oxygen atoms in total. The van der Waals surface area contributed by atoms with Gasteiger partial charge in [-0.1, -0.05) is 30.3 Å². The predicted molar refractivity (Wildman–Crippen MR) is 68.5 cm³/mol. The molecule has 0 saturated heterocycles. The van der Waals surface area contributed by atoms with E-state index < -0.39 is 17.9 Å². The van der Waals surface area contributed by atoms with E-state index >= 15 is 0 Å². The lowest BCUT2D eigenvalue weighted by Gasteiger charge is -2.05. The Morgan fingerprint density at radius 2 is 1.84 bits per heavy atom. The number of benzene rings is 1. The van der Waals surface area contributed by atoms with Gasteiger partial charge in [0.25, 0.3) is 0 Å². The average molecular weight is 262 g/mol. The molecule has 0 aromatic heterocycles. The average Bonchev–Trinajstić information content (AvgIpc) is 2.42. The maximum atomic E-state index is 11.6. The number of hydrogen-bond donors (Lipinski definition) is 3. The summed E-state index contributed by atoms with van der Waals surface area (Å²) in [6.07, 6.45) is 2.17. The number of rotatable bonds is 6. The number of nitrogens with two attached hydrogens (primary N) is 1. The smallest absolute Gasteiger partial charge is 0.322 e. The van der Waals surface area contributed by atoms with Crippen LogP contribution in [-0.4, -0.2) is 35.4 Å². The minimum Gasteiger partial charge on any atom is -0.480 e. The summed E-state index contributed by atoms with van der Waals surface area (Å²) < 4.78 is 0. The van der Waals surface area contributed by atoms with Gasteiger partial charge in [-0.05, 0) is 6.08 Å². The molecule has 19 heavy (non-hydrogen) atoms. The molecule has 0 aliphatic carbocycles. The molecule has 0 fully saturated rings. The lowest BCUT2D eigenvalue weighted by molar-refractivity contribution is -0.138. The highest BCUT2D eigenvalue weighted by Gasteiger charge is 2.11. The van der Waals surface area contributed by atoms with Crippen LogP contribution in [-0.2, 0) is 9.59 Å². The third-order valence-electron chi connectivity index (χ3n) is 2.26. The Kier molecular flexibility index (Phi) is 5.43. The van der Waals surface area contributed by atoms with Crippen molar-refractivity contribution in [1.29, 1.82) is 0 Å². The molecule has 1 rings (SSSR count). The van der Waals surface area contributed by atoms with E-state index in [1.165, 1.54) is 0 Å². The maximum absolute atomic E-state index is 11.6. The number of carboxylic acid groups (broad SMARTS) is 1. The number of carboxylic acids is 1. The lowest BCUT2D eigenvalue weighted by Crippen LogP contribution is -2.42. The molecule has 0 spiro atoms. The molecule has 0 radical (unpaired) electrons. The highest BCUT2D eigenvalue weighted by Crippen LogP contribution is 2.00. The summed E-state index contributed by atoms with van der Waals surface area (Å²) in [4.78, 5) is 33.3. The number of carbonyl (C=O) groups is 3. The third-order valence-corrected chi connectivity index (χ3v) is 2.26. The van der Waals surface area contributed by atoms with Gasteiger partial charge in [-0.15, -0.1) is 0 Å². The minimum atomic E-state index is -1.20. The molecule has 100 valence electrons. The molecule has 0 heterocycles. The van der Waals surface area contributed by atoms with Crippen LogP contribution in [0, 0.1) is 0 Å². The number of aliphatic carboxylic acids is 1. The van der Waals surface area contributed by atoms with Crippen LogP contribution < -0.4 is 11.1 Å². The van der Waals surface area contributed by atoms with Crippen LogP contribution >= 0.6 is 0 Å². The zero-order valence-electron chi connectivity index (χ0n) is 10.1. The molecule has 0 saturated carbocycles. The molecule has 1 unspecified atom stereocenters. The van der Waals surface area contributed by atoms with E-state index in [0.29, 0.717) is 5.56 Å². The first kappa shape index (κ1) is 14.6. The van der Waals surface area contributed by atoms with Crippen LogP contribution in [0.25, 0.3) is 0 Å². The quantitative estimate of drug-likeness (QED) is 0.492. The zero-order chi connectivity index (χ0) is 14.3. The van der Waals surface area contributed by atoms with Gasteiger partial charge in [0.1, 0.15) is 6.04 Å². The highest BCUT2D eigenvalue weighted by atomic mass is 16.4. The summed E-state index contributed by atoms with van der Waals surface area (Å²) >= 11 is 0. The largest absolute Gasteiger partial charge is 0.480 e. The number of hydrogen-bond acceptors (Lipinski definition) is 4. The molecular weight excluding hydrogens is 248 g/mol. The van der Waals surface area contributed by atoms with Gasteiger partial charge in [0, 0.05) is 18.2 Å². The van der Waals surface area contributed by atoms with E-state index in [1.54, 1.807) is 30.3 Å². The van der Waals surface area contributed by atoms with Crippen molar-refractivity contribution in [3.8, 4) is 0 Å². The van der Waals surface area contributed by atoms with Gasteiger partial charge in [0.15, 0.2) is 5.78 Å². The Balaban J connectivity index is 2.46. The van der Waals surface area contributed by atoms with Gasteiger partial charge >= 0.3 is 5.97 Å². The van der Waals surface area contributed by atoms with Gasteiger partial charge in [-0.2, -0.15) is 0 Å². The first-order valence-electron chi connectivity index (χ1n) is 5.54. The summed E-state index contributed by atoms with van der Waals surface area (Å²) in [6, 6.07) is 7.30. The van der Waals surface area contributed by atoms with Gasteiger partial charge in [-0.3, -0.25) is 14.4 Å². The Bertz CT molecular complexity index is 497. The fourth-order valence-corrected chi connectivity index (χ4v) is 1.21. The van der Waals surface area contributed by atoms with Crippen LogP contribution in [0.2, 0.25) is 0 Å². The number of allylic oxidation sites excluding steroid dienone is 1. The minimum absolute atomic E-state index is 0.196. The Labute approximate surface area is 109 Å². The molecular formula is C13H14N2O4. The van der Waals surface area contributed by atoms with E-state index in [9.17, 15) is 14.4 Å². The normalized spacial score (nSPS) is 12.1. The van der Waals surface area contributed by atoms with Crippen LogP contribution in [0.1, 0.15) is 10.4 Å². The van der Waals surface area contributed by atoms with Gasteiger partial charge < -0.3 is 16.2 Å². The standard InChI is InChI=1S/C13H14N2O4/c14-10(13(18)19)8-15-12(17)7-6-11(16)9-4-2-1-3-5-9/h1-7,10H,8,14H2,(H,15,17)(H,18,19)/b7-6+. The summed E-state index contributed by atoms with van der Waals surface area (Å²) in [7, 11) is 0. The summed E-state index contributed by atoms with van der Waals surface area (Å²) in [5.41, 5.74) is 5.67. The van der Waals surface area contributed by atoms with Crippen molar-refractivity contribution in [1.82, 2.24) is 5.32 Å². The van der Waals surface area contributed by atoms with Crippen molar-refractivity contribution in [2.24, 2.45) is 5.73 Å². The fraction of sp³-hybridized carbons (Fsp3) is 0.154. The monoisotopic (exact) mass is 262 g/mol. The number of ketones is 1. The van der Waals surface area contributed by atoms with Crippen molar-refractivity contribution >= 4 is 17.7 Å². The van der Waals surface area contributed by atoms with Gasteiger partial charge in [-0.25, -0.2) is 0 Å². The summed E-state index contributed by atoms with van der Waals surface area (Å²) in [5, 5.41) is 10.8. The maximum Gasteiger partial charge on any atom is 0.322 e. The molecule has 1 amide bonds. The van der Waals surface area contributed by atoms with E-state index in [4.69, 9.17) is 10.8 Å². The number of nitrogens with one attached hydrogen (secondary N) is 1. The molecule has 1 aromatic rings. The topological polar surface area (TPSA) is 109 Å². The Hall–Kier alpha value is -2.47. The van der Waals surface area contributed by atoms with E-state index in [0.717, 1.165) is 12.2 Å². The molecule has 1 atom stereocenters. The molecule has 0 aliphatic heterocycles. The van der Waals surface area contributed by atoms with Crippen molar-refractivity contribution in [3.05, 3.63) is 48.0 Å². The van der Waals surface area contributed by atoms with E-state index in [1.807, 2.05) is 0 Å². The highest BCUT2D eigenvalue weighted by molar-refractivity contribution is 6.07. The number of carbonyl (C=O) groups excluding carboxylic acids is 2. The second kappa shape index (κ2) is 7.07. The first-order chi connectivity index (χ1) is 9.00. The van der Waals surface area contributed by atoms with E-state index in [2.05, 4.69) is 5.32 Å². The Morgan fingerprint density at radius 1 is 1.21 bits per heavy atom. The summed E-state index contributed by atoms with van der Waals surface area (Å²) in [6.45, 7) is -0.196. The van der Waals surface area contributed by atoms with E-state index in [-0.39, 0.29) is 12.3 Å². The molecule has 0 bridgehead atoms. The molecule has 0 aliphatic rings. The second-order valence-corrected chi connectivity index (χ2v) is 3.75. The first-order valence-corrected chi connectivity index (χ1v) is 5.54. The van der Waals surface area contributed by atoms with Crippen LogP contribution in [0.4, 0.5) is 0 Å². The zero-order valence-corrected chi connectivity index (χ0v) is 10.1. The number of amides is 1. The molecule has 4 N–H and O–H groups in total. The second-order valence-electron chi connectivity index (χ2n) is 3.75. The van der Waals surface area contributed by atoms with Crippen molar-refractivity contribution in [2.45, 2.75) is 6.04 Å². The molecule has 1 aromatic carbocycles. The fourth-order valence-electron chi connectivity index (χ4n) is 1.21. The molecule has 6 heteroatoms. The van der Waals surface area contributed by atoms with Crippen molar-refractivity contribution < 1.29 is 19.5 Å². The van der Waals surface area contributed by atoms with Crippen molar-refractivity contribution in [3.63, 3.8) is 0 Å². The lowest BCUT2D eigenvalue weighted by atomic mass is 10.1. The Morgan fingerprint density at radius 3 is 2.42 bits per heavy atom.